The molecule has 0 amide bonds. The van der Waals surface area contributed by atoms with E-state index in [-0.39, 0.29) is 0 Å². The molecule has 2 heterocycles. The van der Waals surface area contributed by atoms with Crippen molar-refractivity contribution in [2.45, 2.75) is 45.3 Å². The van der Waals surface area contributed by atoms with Crippen molar-refractivity contribution in [1.29, 1.82) is 0 Å². The Hall–Kier alpha value is -1.20. The van der Waals surface area contributed by atoms with Crippen LogP contribution in [-0.2, 0) is 11.3 Å². The van der Waals surface area contributed by atoms with Gasteiger partial charge in [0, 0.05) is 38.9 Å². The van der Waals surface area contributed by atoms with Crippen LogP contribution in [0.3, 0.4) is 0 Å². The van der Waals surface area contributed by atoms with Crippen LogP contribution in [0.4, 0.5) is 5.82 Å². The van der Waals surface area contributed by atoms with Crippen molar-refractivity contribution in [3.63, 3.8) is 0 Å². The second kappa shape index (κ2) is 6.82. The van der Waals surface area contributed by atoms with E-state index in [0.717, 1.165) is 44.1 Å². The van der Waals surface area contributed by atoms with E-state index >= 15 is 0 Å². The summed E-state index contributed by atoms with van der Waals surface area (Å²) >= 11 is 0. The van der Waals surface area contributed by atoms with Gasteiger partial charge in [0.15, 0.2) is 5.82 Å². The average Bonchev–Trinajstić information content (AvgIpc) is 2.46. The molecule has 106 valence electrons. The van der Waals surface area contributed by atoms with Gasteiger partial charge in [-0.15, -0.1) is 5.10 Å². The SMILES string of the molecule is CC(C)NCc1ccc(N(C)C2CCOCC2)nn1. The molecule has 0 atom stereocenters. The Labute approximate surface area is 115 Å². The standard InChI is InChI=1S/C14H24N4O/c1-11(2)15-10-12-4-5-14(17-16-12)18(3)13-6-8-19-9-7-13/h4-5,11,13,15H,6-10H2,1-3H3. The van der Waals surface area contributed by atoms with Crippen LogP contribution in [0.2, 0.25) is 0 Å². The van der Waals surface area contributed by atoms with Gasteiger partial charge < -0.3 is 15.0 Å². The lowest BCUT2D eigenvalue weighted by Gasteiger charge is -2.31. The molecule has 0 unspecified atom stereocenters. The lowest BCUT2D eigenvalue weighted by molar-refractivity contribution is 0.0853. The van der Waals surface area contributed by atoms with Crippen LogP contribution in [0.25, 0.3) is 0 Å². The Morgan fingerprint density at radius 2 is 2.05 bits per heavy atom. The monoisotopic (exact) mass is 264 g/mol. The Kier molecular flexibility index (Phi) is 5.10. The Morgan fingerprint density at radius 3 is 2.63 bits per heavy atom. The molecule has 19 heavy (non-hydrogen) atoms. The van der Waals surface area contributed by atoms with Gasteiger partial charge in [-0.3, -0.25) is 0 Å². The van der Waals surface area contributed by atoms with Crippen LogP contribution < -0.4 is 10.2 Å². The molecule has 5 nitrogen and oxygen atoms in total. The number of nitrogens with zero attached hydrogens (tertiary/aromatic N) is 3. The molecule has 1 aromatic heterocycles. The summed E-state index contributed by atoms with van der Waals surface area (Å²) in [6.07, 6.45) is 2.13. The minimum Gasteiger partial charge on any atom is -0.381 e. The predicted octanol–water partition coefficient (Wildman–Crippen LogP) is 1.59. The van der Waals surface area contributed by atoms with Crippen molar-refractivity contribution < 1.29 is 4.74 Å². The molecule has 1 aromatic rings. The van der Waals surface area contributed by atoms with Crippen molar-refractivity contribution in [3.8, 4) is 0 Å². The highest BCUT2D eigenvalue weighted by atomic mass is 16.5. The summed E-state index contributed by atoms with van der Waals surface area (Å²) in [6.45, 7) is 6.71. The molecule has 0 bridgehead atoms. The smallest absolute Gasteiger partial charge is 0.151 e. The molecular weight excluding hydrogens is 240 g/mol. The highest BCUT2D eigenvalue weighted by Gasteiger charge is 2.19. The van der Waals surface area contributed by atoms with Crippen LogP contribution in [0.15, 0.2) is 12.1 Å². The zero-order valence-corrected chi connectivity index (χ0v) is 12.1. The number of aromatic nitrogens is 2. The van der Waals surface area contributed by atoms with Crippen molar-refractivity contribution in [2.24, 2.45) is 0 Å². The maximum absolute atomic E-state index is 5.39. The lowest BCUT2D eigenvalue weighted by atomic mass is 10.1. The summed E-state index contributed by atoms with van der Waals surface area (Å²) in [6, 6.07) is 5.09. The van der Waals surface area contributed by atoms with Gasteiger partial charge in [0.2, 0.25) is 0 Å². The lowest BCUT2D eigenvalue weighted by Crippen LogP contribution is -2.37. The summed E-state index contributed by atoms with van der Waals surface area (Å²) < 4.78 is 5.39. The van der Waals surface area contributed by atoms with Gasteiger partial charge in [0.05, 0.1) is 5.69 Å². The molecule has 1 aliphatic rings. The number of anilines is 1. The molecule has 0 aromatic carbocycles. The van der Waals surface area contributed by atoms with Gasteiger partial charge in [0.1, 0.15) is 0 Å². The van der Waals surface area contributed by atoms with Crippen LogP contribution in [0, 0.1) is 0 Å². The van der Waals surface area contributed by atoms with Crippen molar-refractivity contribution >= 4 is 5.82 Å². The zero-order chi connectivity index (χ0) is 13.7. The number of rotatable bonds is 5. The fourth-order valence-electron chi connectivity index (χ4n) is 2.20. The van der Waals surface area contributed by atoms with E-state index in [4.69, 9.17) is 4.74 Å². The maximum Gasteiger partial charge on any atom is 0.151 e. The molecule has 0 saturated carbocycles. The number of ether oxygens (including phenoxy) is 1. The minimum absolute atomic E-state index is 0.464. The molecule has 1 aliphatic heterocycles. The molecular formula is C14H24N4O. The van der Waals surface area contributed by atoms with E-state index in [1.807, 2.05) is 6.07 Å². The molecule has 1 saturated heterocycles. The molecule has 0 radical (unpaired) electrons. The van der Waals surface area contributed by atoms with E-state index < -0.39 is 0 Å². The van der Waals surface area contributed by atoms with Crippen LogP contribution in [0.5, 0.6) is 0 Å². The Morgan fingerprint density at radius 1 is 1.32 bits per heavy atom. The van der Waals surface area contributed by atoms with E-state index in [1.165, 1.54) is 0 Å². The van der Waals surface area contributed by atoms with Gasteiger partial charge in [-0.1, -0.05) is 13.8 Å². The Bertz CT molecular complexity index is 374. The van der Waals surface area contributed by atoms with E-state index in [2.05, 4.69) is 47.4 Å². The second-order valence-electron chi connectivity index (χ2n) is 5.37. The first-order valence-corrected chi connectivity index (χ1v) is 7.03. The summed E-state index contributed by atoms with van der Waals surface area (Å²) in [4.78, 5) is 2.22. The molecule has 0 spiro atoms. The first kappa shape index (κ1) is 14.2. The third-order valence-corrected chi connectivity index (χ3v) is 3.50. The van der Waals surface area contributed by atoms with Gasteiger partial charge in [0.25, 0.3) is 0 Å². The number of hydrogen-bond donors (Lipinski definition) is 1. The fourth-order valence-corrected chi connectivity index (χ4v) is 2.20. The maximum atomic E-state index is 5.39. The highest BCUT2D eigenvalue weighted by molar-refractivity contribution is 5.37. The van der Waals surface area contributed by atoms with Crippen molar-refractivity contribution in [2.75, 3.05) is 25.2 Å². The third-order valence-electron chi connectivity index (χ3n) is 3.50. The summed E-state index contributed by atoms with van der Waals surface area (Å²) in [5, 5.41) is 11.9. The Balaban J connectivity index is 1.93. The van der Waals surface area contributed by atoms with Gasteiger partial charge in [-0.2, -0.15) is 5.10 Å². The van der Waals surface area contributed by atoms with E-state index in [1.54, 1.807) is 0 Å². The largest absolute Gasteiger partial charge is 0.381 e. The predicted molar refractivity (Wildman–Crippen MR) is 76.3 cm³/mol. The molecule has 5 heteroatoms. The molecule has 1 N–H and O–H groups in total. The van der Waals surface area contributed by atoms with Crippen LogP contribution in [0.1, 0.15) is 32.4 Å². The van der Waals surface area contributed by atoms with E-state index in [9.17, 15) is 0 Å². The average molecular weight is 264 g/mol. The van der Waals surface area contributed by atoms with Crippen LogP contribution in [-0.4, -0.2) is 42.5 Å². The molecule has 1 fully saturated rings. The quantitative estimate of drug-likeness (QED) is 0.875. The number of nitrogens with one attached hydrogen (secondary N) is 1. The molecule has 2 rings (SSSR count). The van der Waals surface area contributed by atoms with Gasteiger partial charge >= 0.3 is 0 Å². The van der Waals surface area contributed by atoms with Crippen molar-refractivity contribution in [1.82, 2.24) is 15.5 Å². The normalized spacial score (nSPS) is 16.8. The zero-order valence-electron chi connectivity index (χ0n) is 12.1. The van der Waals surface area contributed by atoms with Crippen LogP contribution >= 0.6 is 0 Å². The van der Waals surface area contributed by atoms with Crippen molar-refractivity contribution in [3.05, 3.63) is 17.8 Å². The minimum atomic E-state index is 0.464. The number of hydrogen-bond acceptors (Lipinski definition) is 5. The second-order valence-corrected chi connectivity index (χ2v) is 5.37. The fraction of sp³-hybridized carbons (Fsp3) is 0.714. The third kappa shape index (κ3) is 4.14. The highest BCUT2D eigenvalue weighted by Crippen LogP contribution is 2.18. The summed E-state index contributed by atoms with van der Waals surface area (Å²) in [5.41, 5.74) is 0.984. The molecule has 0 aliphatic carbocycles. The first-order valence-electron chi connectivity index (χ1n) is 7.03. The first-order chi connectivity index (χ1) is 9.16. The van der Waals surface area contributed by atoms with Gasteiger partial charge in [-0.05, 0) is 25.0 Å². The van der Waals surface area contributed by atoms with Gasteiger partial charge in [-0.25, -0.2) is 0 Å². The summed E-state index contributed by atoms with van der Waals surface area (Å²) in [5.74, 6) is 0.945. The topological polar surface area (TPSA) is 50.3 Å². The van der Waals surface area contributed by atoms with E-state index in [0.29, 0.717) is 12.1 Å². The summed E-state index contributed by atoms with van der Waals surface area (Å²) in [7, 11) is 2.09.